The summed E-state index contributed by atoms with van der Waals surface area (Å²) < 4.78 is 62.4. The first kappa shape index (κ1) is 28.3. The van der Waals surface area contributed by atoms with E-state index in [2.05, 4.69) is 0 Å². The number of benzene rings is 1. The predicted molar refractivity (Wildman–Crippen MR) is 131 cm³/mol. The summed E-state index contributed by atoms with van der Waals surface area (Å²) in [6, 6.07) is 4.31. The fourth-order valence-corrected chi connectivity index (χ4v) is 7.26. The number of aryl methyl sites for hydroxylation is 1. The van der Waals surface area contributed by atoms with Crippen LogP contribution in [0.25, 0.3) is 5.69 Å². The highest BCUT2D eigenvalue weighted by Crippen LogP contribution is 2.34. The molecule has 192 valence electrons. The molecule has 0 saturated heterocycles. The second-order valence-electron chi connectivity index (χ2n) is 7.54. The number of nitrogens with zero attached hydrogens (tertiary/aromatic N) is 4. The second kappa shape index (κ2) is 10.8. The Balaban J connectivity index is 3.10. The van der Waals surface area contributed by atoms with Gasteiger partial charge in [0.15, 0.2) is 5.69 Å². The first-order valence-electron chi connectivity index (χ1n) is 11.0. The lowest BCUT2D eigenvalue weighted by molar-refractivity contribution is 0.0592. The van der Waals surface area contributed by atoms with Crippen molar-refractivity contribution in [2.24, 2.45) is 0 Å². The minimum atomic E-state index is -4.23. The number of ether oxygens (including phenoxy) is 1. The van der Waals surface area contributed by atoms with Gasteiger partial charge in [0.2, 0.25) is 20.0 Å². The first-order valence-corrected chi connectivity index (χ1v) is 13.9. The van der Waals surface area contributed by atoms with Crippen molar-refractivity contribution in [3.05, 3.63) is 35.2 Å². The van der Waals surface area contributed by atoms with E-state index in [-0.39, 0.29) is 64.2 Å². The monoisotopic (exact) mass is 525 g/mol. The average molecular weight is 526 g/mol. The van der Waals surface area contributed by atoms with Gasteiger partial charge in [0, 0.05) is 32.4 Å². The molecule has 13 heteroatoms. The highest BCUT2D eigenvalue weighted by Gasteiger charge is 2.33. The van der Waals surface area contributed by atoms with Crippen LogP contribution in [0.4, 0.5) is 5.69 Å². The molecule has 0 spiro atoms. The molecule has 0 amide bonds. The van der Waals surface area contributed by atoms with Gasteiger partial charge >= 0.3 is 5.97 Å². The number of carbonyl (C=O) groups excluding carboxylic acids is 1. The standard InChI is InChI=1S/C22H31N5O6S2/c1-7-25(8-2)34(29,30)17-11-15(5)20(18(12-17)35(31,32)26(9-3)10-4)27-14-16(13-23)19(24)21(27)22(28)33-6/h11-12,14H,7-10,24H2,1-6H3. The largest absolute Gasteiger partial charge is 0.464 e. The summed E-state index contributed by atoms with van der Waals surface area (Å²) in [6.45, 7) is 8.87. The van der Waals surface area contributed by atoms with Crippen molar-refractivity contribution in [3.63, 3.8) is 0 Å². The summed E-state index contributed by atoms with van der Waals surface area (Å²) in [4.78, 5) is 12.0. The maximum Gasteiger partial charge on any atom is 0.357 e. The molecule has 11 nitrogen and oxygen atoms in total. The summed E-state index contributed by atoms with van der Waals surface area (Å²) in [7, 11) is -7.11. The van der Waals surface area contributed by atoms with Gasteiger partial charge in [-0.2, -0.15) is 13.9 Å². The molecular formula is C22H31N5O6S2. The molecule has 0 aliphatic rings. The Hall–Kier alpha value is -2.92. The fraction of sp³-hybridized carbons (Fsp3) is 0.455. The number of rotatable bonds is 10. The Bertz CT molecular complexity index is 1370. The van der Waals surface area contributed by atoms with Gasteiger partial charge in [0.05, 0.1) is 28.9 Å². The molecule has 0 aliphatic carbocycles. The van der Waals surface area contributed by atoms with Gasteiger partial charge in [-0.3, -0.25) is 0 Å². The Morgan fingerprint density at radius 2 is 1.54 bits per heavy atom. The number of aromatic nitrogens is 1. The third-order valence-corrected chi connectivity index (χ3v) is 9.78. The van der Waals surface area contributed by atoms with E-state index in [9.17, 15) is 26.9 Å². The smallest absolute Gasteiger partial charge is 0.357 e. The van der Waals surface area contributed by atoms with E-state index in [1.54, 1.807) is 27.7 Å². The van der Waals surface area contributed by atoms with Crippen LogP contribution < -0.4 is 5.73 Å². The van der Waals surface area contributed by atoms with E-state index in [0.29, 0.717) is 0 Å². The van der Waals surface area contributed by atoms with Crippen molar-refractivity contribution in [3.8, 4) is 11.8 Å². The number of methoxy groups -OCH3 is 1. The Kier molecular flexibility index (Phi) is 8.72. The van der Waals surface area contributed by atoms with Gasteiger partial charge in [0.25, 0.3) is 0 Å². The third-order valence-electron chi connectivity index (χ3n) is 5.69. The van der Waals surface area contributed by atoms with Crippen molar-refractivity contribution in [2.45, 2.75) is 44.4 Å². The zero-order chi connectivity index (χ0) is 26.7. The quantitative estimate of drug-likeness (QED) is 0.462. The summed E-state index contributed by atoms with van der Waals surface area (Å²) in [6.07, 6.45) is 1.24. The van der Waals surface area contributed by atoms with Crippen LogP contribution in [-0.2, 0) is 24.8 Å². The predicted octanol–water partition coefficient (Wildman–Crippen LogP) is 2.09. The van der Waals surface area contributed by atoms with E-state index in [0.717, 1.165) is 13.2 Å². The van der Waals surface area contributed by atoms with Crippen molar-refractivity contribution in [2.75, 3.05) is 39.0 Å². The lowest BCUT2D eigenvalue weighted by atomic mass is 10.2. The molecule has 2 N–H and O–H groups in total. The second-order valence-corrected chi connectivity index (χ2v) is 11.4. The number of sulfonamides is 2. The molecule has 0 unspecified atom stereocenters. The highest BCUT2D eigenvalue weighted by molar-refractivity contribution is 7.90. The molecular weight excluding hydrogens is 494 g/mol. The number of hydrogen-bond acceptors (Lipinski definition) is 8. The summed E-state index contributed by atoms with van der Waals surface area (Å²) in [5.74, 6) is -0.880. The average Bonchev–Trinajstić information content (AvgIpc) is 3.14. The minimum Gasteiger partial charge on any atom is -0.464 e. The van der Waals surface area contributed by atoms with Gasteiger partial charge in [-0.05, 0) is 24.6 Å². The van der Waals surface area contributed by atoms with Gasteiger partial charge in [-0.25, -0.2) is 21.6 Å². The molecule has 2 rings (SSSR count). The fourth-order valence-electron chi connectivity index (χ4n) is 3.88. The Morgan fingerprint density at radius 1 is 1.03 bits per heavy atom. The molecule has 1 aromatic carbocycles. The van der Waals surface area contributed by atoms with E-state index in [4.69, 9.17) is 10.5 Å². The normalized spacial score (nSPS) is 12.2. The lowest BCUT2D eigenvalue weighted by Crippen LogP contribution is -2.33. The van der Waals surface area contributed by atoms with Gasteiger partial charge < -0.3 is 15.0 Å². The summed E-state index contributed by atoms with van der Waals surface area (Å²) in [5.41, 5.74) is 5.80. The van der Waals surface area contributed by atoms with Crippen LogP contribution in [0.3, 0.4) is 0 Å². The molecule has 1 heterocycles. The number of nitrogen functional groups attached to an aromatic ring is 1. The molecule has 0 atom stereocenters. The van der Waals surface area contributed by atoms with E-state index < -0.39 is 26.0 Å². The number of hydrogen-bond donors (Lipinski definition) is 1. The number of nitrogens with two attached hydrogens (primary N) is 1. The van der Waals surface area contributed by atoms with E-state index in [1.807, 2.05) is 6.07 Å². The molecule has 2 aromatic rings. The van der Waals surface area contributed by atoms with Gasteiger partial charge in [0.1, 0.15) is 11.0 Å². The van der Waals surface area contributed by atoms with Crippen molar-refractivity contribution in [1.82, 2.24) is 13.2 Å². The van der Waals surface area contributed by atoms with Crippen LogP contribution in [0.5, 0.6) is 0 Å². The first-order chi connectivity index (χ1) is 16.4. The van der Waals surface area contributed by atoms with Crippen LogP contribution in [0.15, 0.2) is 28.1 Å². The minimum absolute atomic E-state index is 0.00370. The van der Waals surface area contributed by atoms with Crippen LogP contribution in [0.2, 0.25) is 0 Å². The van der Waals surface area contributed by atoms with Crippen molar-refractivity contribution >= 4 is 31.7 Å². The maximum atomic E-state index is 13.7. The van der Waals surface area contributed by atoms with Gasteiger partial charge in [-0.1, -0.05) is 27.7 Å². The Morgan fingerprint density at radius 3 is 2.00 bits per heavy atom. The molecule has 1 aromatic heterocycles. The van der Waals surface area contributed by atoms with E-state index >= 15 is 0 Å². The number of nitriles is 1. The van der Waals surface area contributed by atoms with Crippen LogP contribution in [-0.4, -0.2) is 69.3 Å². The third kappa shape index (κ3) is 4.92. The van der Waals surface area contributed by atoms with Crippen molar-refractivity contribution < 1.29 is 26.4 Å². The number of esters is 1. The SMILES string of the molecule is CCN(CC)S(=O)(=O)c1cc(C)c(-n2cc(C#N)c(N)c2C(=O)OC)c(S(=O)(=O)N(CC)CC)c1. The summed E-state index contributed by atoms with van der Waals surface area (Å²) in [5, 5.41) is 9.48. The van der Waals surface area contributed by atoms with Crippen LogP contribution in [0.1, 0.15) is 49.3 Å². The highest BCUT2D eigenvalue weighted by atomic mass is 32.2. The Labute approximate surface area is 206 Å². The van der Waals surface area contributed by atoms with Crippen molar-refractivity contribution in [1.29, 1.82) is 5.26 Å². The molecule has 0 bridgehead atoms. The molecule has 0 saturated carbocycles. The molecule has 0 radical (unpaired) electrons. The topological polar surface area (TPSA) is 156 Å². The van der Waals surface area contributed by atoms with Gasteiger partial charge in [-0.15, -0.1) is 0 Å². The molecule has 35 heavy (non-hydrogen) atoms. The van der Waals surface area contributed by atoms with Crippen LogP contribution in [0, 0.1) is 18.3 Å². The molecule has 0 fully saturated rings. The summed E-state index contributed by atoms with van der Waals surface area (Å²) >= 11 is 0. The zero-order valence-corrected chi connectivity index (χ0v) is 22.3. The number of anilines is 1. The maximum absolute atomic E-state index is 13.7. The number of carbonyl (C=O) groups is 1. The molecule has 0 aliphatic heterocycles. The van der Waals surface area contributed by atoms with Crippen LogP contribution >= 0.6 is 0 Å². The zero-order valence-electron chi connectivity index (χ0n) is 20.7. The van der Waals surface area contributed by atoms with E-state index in [1.165, 1.54) is 32.4 Å². The lowest BCUT2D eigenvalue weighted by Gasteiger charge is -2.25.